The van der Waals surface area contributed by atoms with Crippen molar-refractivity contribution in [3.05, 3.63) is 35.5 Å². The third-order valence-electron chi connectivity index (χ3n) is 3.32. The zero-order chi connectivity index (χ0) is 13.4. The highest BCUT2D eigenvalue weighted by Gasteiger charge is 2.22. The molecule has 0 radical (unpaired) electrons. The number of thiocarbonyl (C=S) groups is 1. The number of fused-ring (bicyclic) bond motifs is 1. The van der Waals surface area contributed by atoms with E-state index < -0.39 is 0 Å². The van der Waals surface area contributed by atoms with Crippen LogP contribution >= 0.6 is 12.2 Å². The van der Waals surface area contributed by atoms with Gasteiger partial charge in [0.05, 0.1) is 12.1 Å². The average molecular weight is 274 g/mol. The summed E-state index contributed by atoms with van der Waals surface area (Å²) >= 11 is 5.15. The Hall–Kier alpha value is -2.02. The Morgan fingerprint density at radius 2 is 2.26 bits per heavy atom. The van der Waals surface area contributed by atoms with Crippen LogP contribution in [0.3, 0.4) is 0 Å². The highest BCUT2D eigenvalue weighted by Crippen LogP contribution is 2.24. The van der Waals surface area contributed by atoms with Crippen molar-refractivity contribution in [3.63, 3.8) is 0 Å². The van der Waals surface area contributed by atoms with E-state index in [9.17, 15) is 0 Å². The van der Waals surface area contributed by atoms with Crippen molar-refractivity contribution in [2.75, 3.05) is 11.4 Å². The monoisotopic (exact) mass is 274 g/mol. The topological polar surface area (TPSA) is 72.9 Å². The van der Waals surface area contributed by atoms with Gasteiger partial charge in [0.15, 0.2) is 5.82 Å². The smallest absolute Gasteiger partial charge is 0.152 e. The van der Waals surface area contributed by atoms with Crippen molar-refractivity contribution < 1.29 is 0 Å². The molecule has 19 heavy (non-hydrogen) atoms. The van der Waals surface area contributed by atoms with Gasteiger partial charge in [-0.25, -0.2) is 4.98 Å². The summed E-state index contributed by atoms with van der Waals surface area (Å²) < 4.78 is 2.05. The summed E-state index contributed by atoms with van der Waals surface area (Å²) in [5, 5.41) is 8.03. The molecule has 0 saturated heterocycles. The molecule has 1 aliphatic heterocycles. The van der Waals surface area contributed by atoms with E-state index >= 15 is 0 Å². The molecule has 0 amide bonds. The lowest BCUT2D eigenvalue weighted by Crippen LogP contribution is -2.35. The molecule has 0 spiro atoms. The summed E-state index contributed by atoms with van der Waals surface area (Å²) in [4.78, 5) is 6.97. The summed E-state index contributed by atoms with van der Waals surface area (Å²) in [6.07, 6.45) is 3.54. The van der Waals surface area contributed by atoms with E-state index in [-0.39, 0.29) is 0 Å². The van der Waals surface area contributed by atoms with Gasteiger partial charge in [-0.15, -0.1) is 10.2 Å². The number of aromatic nitrogens is 4. The predicted octanol–water partition coefficient (Wildman–Crippen LogP) is 0.636. The molecule has 0 aliphatic carbocycles. The average Bonchev–Trinajstić information content (AvgIpc) is 2.85. The number of aryl methyl sites for hydroxylation is 1. The molecular weight excluding hydrogens is 260 g/mol. The van der Waals surface area contributed by atoms with Gasteiger partial charge in [0.2, 0.25) is 0 Å². The fourth-order valence-corrected chi connectivity index (χ4v) is 2.59. The molecule has 7 heteroatoms. The first-order valence-electron chi connectivity index (χ1n) is 6.04. The molecule has 0 bridgehead atoms. The minimum absolute atomic E-state index is 0.382. The van der Waals surface area contributed by atoms with Gasteiger partial charge in [-0.05, 0) is 18.6 Å². The third-order valence-corrected chi connectivity index (χ3v) is 3.53. The van der Waals surface area contributed by atoms with Gasteiger partial charge >= 0.3 is 0 Å². The molecule has 0 saturated carbocycles. The molecule has 0 unspecified atom stereocenters. The maximum Gasteiger partial charge on any atom is 0.152 e. The van der Waals surface area contributed by atoms with Crippen LogP contribution in [0.4, 0.5) is 5.82 Å². The Morgan fingerprint density at radius 3 is 3.05 bits per heavy atom. The van der Waals surface area contributed by atoms with Crippen LogP contribution in [-0.4, -0.2) is 31.3 Å². The van der Waals surface area contributed by atoms with Crippen LogP contribution in [0.1, 0.15) is 17.0 Å². The zero-order valence-corrected chi connectivity index (χ0v) is 11.4. The quantitative estimate of drug-likeness (QED) is 0.810. The summed E-state index contributed by atoms with van der Waals surface area (Å²) in [6.45, 7) is 4.35. The van der Waals surface area contributed by atoms with Crippen LogP contribution in [0.25, 0.3) is 0 Å². The minimum Gasteiger partial charge on any atom is -0.389 e. The largest absolute Gasteiger partial charge is 0.389 e. The van der Waals surface area contributed by atoms with Crippen molar-refractivity contribution in [1.82, 2.24) is 19.7 Å². The van der Waals surface area contributed by atoms with E-state index in [4.69, 9.17) is 18.0 Å². The molecule has 0 fully saturated rings. The van der Waals surface area contributed by atoms with E-state index in [0.717, 1.165) is 35.9 Å². The Balaban J connectivity index is 2.00. The Kier molecular flexibility index (Phi) is 2.90. The molecule has 0 aromatic carbocycles. The van der Waals surface area contributed by atoms with Gasteiger partial charge in [-0.1, -0.05) is 12.2 Å². The molecule has 98 valence electrons. The van der Waals surface area contributed by atoms with Crippen LogP contribution in [0.15, 0.2) is 18.6 Å². The second-order valence-corrected chi connectivity index (χ2v) is 4.99. The highest BCUT2D eigenvalue weighted by molar-refractivity contribution is 7.80. The van der Waals surface area contributed by atoms with Gasteiger partial charge < -0.3 is 15.2 Å². The predicted molar refractivity (Wildman–Crippen MR) is 75.9 cm³/mol. The van der Waals surface area contributed by atoms with Crippen LogP contribution in [0.2, 0.25) is 0 Å². The van der Waals surface area contributed by atoms with Gasteiger partial charge in [-0.2, -0.15) is 0 Å². The van der Waals surface area contributed by atoms with E-state index in [1.54, 1.807) is 12.5 Å². The van der Waals surface area contributed by atoms with Crippen molar-refractivity contribution in [3.8, 4) is 0 Å². The standard InChI is InChI=1S/C12H14N6S/c1-8-2-3-14-12(10(8)11(13)19)17-4-5-18-7-15-16-9(18)6-17/h2-3,7H,4-6H2,1H3,(H2,13,19). The van der Waals surface area contributed by atoms with Crippen LogP contribution < -0.4 is 10.6 Å². The molecule has 2 aromatic rings. The Bertz CT molecular complexity index is 635. The van der Waals surface area contributed by atoms with Gasteiger partial charge in [0.25, 0.3) is 0 Å². The zero-order valence-electron chi connectivity index (χ0n) is 10.6. The number of pyridine rings is 1. The first kappa shape index (κ1) is 12.0. The van der Waals surface area contributed by atoms with Gasteiger partial charge in [0.1, 0.15) is 17.1 Å². The lowest BCUT2D eigenvalue weighted by atomic mass is 10.1. The van der Waals surface area contributed by atoms with E-state index in [1.807, 2.05) is 17.6 Å². The van der Waals surface area contributed by atoms with Gasteiger partial charge in [-0.3, -0.25) is 0 Å². The molecule has 6 nitrogen and oxygen atoms in total. The molecule has 0 atom stereocenters. The lowest BCUT2D eigenvalue weighted by molar-refractivity contribution is 0.556. The van der Waals surface area contributed by atoms with Crippen molar-refractivity contribution >= 4 is 23.0 Å². The summed E-state index contributed by atoms with van der Waals surface area (Å²) in [7, 11) is 0. The van der Waals surface area contributed by atoms with Crippen molar-refractivity contribution in [2.24, 2.45) is 5.73 Å². The highest BCUT2D eigenvalue weighted by atomic mass is 32.1. The summed E-state index contributed by atoms with van der Waals surface area (Å²) in [5.41, 5.74) is 7.73. The van der Waals surface area contributed by atoms with Crippen molar-refractivity contribution in [1.29, 1.82) is 0 Å². The fraction of sp³-hybridized carbons (Fsp3) is 0.333. The fourth-order valence-electron chi connectivity index (χ4n) is 2.34. The number of nitrogens with zero attached hydrogens (tertiary/aromatic N) is 5. The minimum atomic E-state index is 0.382. The van der Waals surface area contributed by atoms with E-state index in [1.165, 1.54) is 0 Å². The van der Waals surface area contributed by atoms with Gasteiger partial charge in [0, 0.05) is 19.3 Å². The SMILES string of the molecule is Cc1ccnc(N2CCn3cnnc3C2)c1C(N)=S. The summed E-state index contributed by atoms with van der Waals surface area (Å²) in [5.74, 6) is 1.77. The molecule has 2 aromatic heterocycles. The lowest BCUT2D eigenvalue weighted by Gasteiger charge is -2.29. The van der Waals surface area contributed by atoms with Crippen molar-refractivity contribution in [2.45, 2.75) is 20.0 Å². The van der Waals surface area contributed by atoms with E-state index in [0.29, 0.717) is 11.5 Å². The van der Waals surface area contributed by atoms with Crippen LogP contribution in [-0.2, 0) is 13.1 Å². The Labute approximate surface area is 116 Å². The van der Waals surface area contributed by atoms with Crippen LogP contribution in [0, 0.1) is 6.92 Å². The number of nitrogens with two attached hydrogens (primary N) is 1. The number of hydrogen-bond donors (Lipinski definition) is 1. The van der Waals surface area contributed by atoms with Crippen LogP contribution in [0.5, 0.6) is 0 Å². The maximum atomic E-state index is 5.83. The normalized spacial score (nSPS) is 14.3. The maximum absolute atomic E-state index is 5.83. The molecule has 2 N–H and O–H groups in total. The van der Waals surface area contributed by atoms with E-state index in [2.05, 4.69) is 20.1 Å². The second-order valence-electron chi connectivity index (χ2n) is 4.55. The number of rotatable bonds is 2. The molecule has 3 heterocycles. The number of anilines is 1. The molecule has 1 aliphatic rings. The Morgan fingerprint density at radius 1 is 1.42 bits per heavy atom. The third kappa shape index (κ3) is 2.06. The first-order chi connectivity index (χ1) is 9.16. The molecular formula is C12H14N6S. The summed E-state index contributed by atoms with van der Waals surface area (Å²) in [6, 6.07) is 1.92. The molecule has 3 rings (SSSR count). The first-order valence-corrected chi connectivity index (χ1v) is 6.44. The number of hydrogen-bond acceptors (Lipinski definition) is 5. The second kappa shape index (κ2) is 4.58.